The predicted molar refractivity (Wildman–Crippen MR) is 52.2 cm³/mol. The molecule has 0 aliphatic carbocycles. The van der Waals surface area contributed by atoms with E-state index in [0.29, 0.717) is 5.16 Å². The zero-order chi connectivity index (χ0) is 10.6. The fraction of sp³-hybridized carbons (Fsp3) is 0.375. The van der Waals surface area contributed by atoms with Gasteiger partial charge < -0.3 is 9.72 Å². The number of rotatable bonds is 3. The summed E-state index contributed by atoms with van der Waals surface area (Å²) in [5.41, 5.74) is -0.237. The van der Waals surface area contributed by atoms with E-state index in [9.17, 15) is 9.59 Å². The number of aromatic amines is 1. The Morgan fingerprint density at radius 3 is 3.00 bits per heavy atom. The molecule has 0 saturated carbocycles. The van der Waals surface area contributed by atoms with Gasteiger partial charge in [-0.05, 0) is 6.92 Å². The van der Waals surface area contributed by atoms with Crippen LogP contribution in [0.1, 0.15) is 6.92 Å². The molecule has 0 aliphatic rings. The molecule has 0 amide bonds. The van der Waals surface area contributed by atoms with E-state index < -0.39 is 0 Å². The summed E-state index contributed by atoms with van der Waals surface area (Å²) in [6.07, 6.45) is 1.39. The van der Waals surface area contributed by atoms with Gasteiger partial charge in [-0.25, -0.2) is 4.98 Å². The second-order valence-corrected chi connectivity index (χ2v) is 3.85. The van der Waals surface area contributed by atoms with Crippen LogP contribution in [-0.4, -0.2) is 28.3 Å². The van der Waals surface area contributed by atoms with E-state index in [1.165, 1.54) is 19.4 Å². The second kappa shape index (κ2) is 4.80. The highest BCUT2D eigenvalue weighted by Gasteiger charge is 2.15. The Bertz CT molecular complexity index is 377. The molecule has 1 N–H and O–H groups in total. The number of esters is 1. The number of H-pyrrole nitrogens is 1. The molecule has 0 fully saturated rings. The van der Waals surface area contributed by atoms with Crippen LogP contribution in [0.15, 0.2) is 22.2 Å². The molecule has 1 heterocycles. The first-order chi connectivity index (χ1) is 6.63. The molecule has 14 heavy (non-hydrogen) atoms. The molecular weight excluding hydrogens is 204 g/mol. The number of carbonyl (C=O) groups excluding carboxylic acids is 1. The summed E-state index contributed by atoms with van der Waals surface area (Å²) in [6.45, 7) is 1.68. The third-order valence-corrected chi connectivity index (χ3v) is 2.45. The summed E-state index contributed by atoms with van der Waals surface area (Å²) in [5, 5.41) is 0.0287. The van der Waals surface area contributed by atoms with E-state index in [1.807, 2.05) is 0 Å². The van der Waals surface area contributed by atoms with Gasteiger partial charge in [0.25, 0.3) is 5.56 Å². The highest BCUT2D eigenvalue weighted by atomic mass is 32.2. The molecule has 0 aliphatic heterocycles. The minimum absolute atomic E-state index is 0.237. The van der Waals surface area contributed by atoms with Crippen molar-refractivity contribution in [3.63, 3.8) is 0 Å². The number of nitrogens with zero attached hydrogens (tertiary/aromatic N) is 1. The van der Waals surface area contributed by atoms with Crippen LogP contribution in [0.3, 0.4) is 0 Å². The van der Waals surface area contributed by atoms with Gasteiger partial charge in [-0.3, -0.25) is 9.59 Å². The molecule has 76 valence electrons. The lowest BCUT2D eigenvalue weighted by Gasteiger charge is -2.06. The third-order valence-electron chi connectivity index (χ3n) is 1.47. The first-order valence-electron chi connectivity index (χ1n) is 3.93. The Kier molecular flexibility index (Phi) is 3.70. The molecule has 0 spiro atoms. The van der Waals surface area contributed by atoms with Crippen molar-refractivity contribution in [2.45, 2.75) is 17.3 Å². The van der Waals surface area contributed by atoms with E-state index in [2.05, 4.69) is 14.7 Å². The molecule has 1 aromatic heterocycles. The van der Waals surface area contributed by atoms with Crippen molar-refractivity contribution in [3.8, 4) is 0 Å². The Hall–Kier alpha value is -1.30. The Morgan fingerprint density at radius 1 is 1.71 bits per heavy atom. The Morgan fingerprint density at radius 2 is 2.43 bits per heavy atom. The highest BCUT2D eigenvalue weighted by Crippen LogP contribution is 2.18. The van der Waals surface area contributed by atoms with Crippen LogP contribution in [0.25, 0.3) is 0 Å². The van der Waals surface area contributed by atoms with E-state index in [4.69, 9.17) is 0 Å². The maximum atomic E-state index is 11.0. The molecule has 1 aromatic rings. The number of thioether (sulfide) groups is 1. The molecule has 0 aromatic carbocycles. The highest BCUT2D eigenvalue weighted by molar-refractivity contribution is 8.00. The SMILES string of the molecule is COC(=O)C(C)Sc1nccc(=O)[nH]1. The van der Waals surface area contributed by atoms with Crippen LogP contribution in [-0.2, 0) is 9.53 Å². The summed E-state index contributed by atoms with van der Waals surface area (Å²) in [4.78, 5) is 28.3. The topological polar surface area (TPSA) is 72.0 Å². The average molecular weight is 214 g/mol. The maximum Gasteiger partial charge on any atom is 0.318 e. The standard InChI is InChI=1S/C8H10N2O3S/c1-5(7(12)13-2)14-8-9-4-3-6(11)10-8/h3-5H,1-2H3,(H,9,10,11). The predicted octanol–water partition coefficient (Wildman–Crippen LogP) is 0.423. The first kappa shape index (κ1) is 10.8. The summed E-state index contributed by atoms with van der Waals surface area (Å²) < 4.78 is 4.53. The number of hydrogen-bond acceptors (Lipinski definition) is 5. The van der Waals surface area contributed by atoms with Gasteiger partial charge in [-0.2, -0.15) is 0 Å². The van der Waals surface area contributed by atoms with Gasteiger partial charge in [0.15, 0.2) is 5.16 Å². The molecule has 0 radical (unpaired) electrons. The summed E-state index contributed by atoms with van der Waals surface area (Å²) in [7, 11) is 1.32. The van der Waals surface area contributed by atoms with Gasteiger partial charge in [0.1, 0.15) is 5.25 Å². The summed E-state index contributed by atoms with van der Waals surface area (Å²) in [6, 6.07) is 1.31. The quantitative estimate of drug-likeness (QED) is 0.448. The first-order valence-corrected chi connectivity index (χ1v) is 4.81. The van der Waals surface area contributed by atoms with E-state index in [-0.39, 0.29) is 16.8 Å². The molecule has 5 nitrogen and oxygen atoms in total. The Labute approximate surface area is 84.9 Å². The smallest absolute Gasteiger partial charge is 0.318 e. The van der Waals surface area contributed by atoms with E-state index in [1.54, 1.807) is 6.92 Å². The van der Waals surface area contributed by atoms with Gasteiger partial charge in [-0.1, -0.05) is 11.8 Å². The normalized spacial score (nSPS) is 12.1. The van der Waals surface area contributed by atoms with Gasteiger partial charge in [0.05, 0.1) is 7.11 Å². The molecule has 0 bridgehead atoms. The second-order valence-electron chi connectivity index (χ2n) is 2.52. The van der Waals surface area contributed by atoms with Crippen molar-refractivity contribution in [3.05, 3.63) is 22.6 Å². The lowest BCUT2D eigenvalue weighted by atomic mass is 10.5. The molecule has 0 saturated heterocycles. The molecular formula is C8H10N2O3S. The number of hydrogen-bond donors (Lipinski definition) is 1. The van der Waals surface area contributed by atoms with Gasteiger partial charge >= 0.3 is 5.97 Å². The molecule has 1 unspecified atom stereocenters. The number of carbonyl (C=O) groups is 1. The molecule has 1 atom stereocenters. The number of methoxy groups -OCH3 is 1. The molecule has 6 heteroatoms. The zero-order valence-electron chi connectivity index (χ0n) is 7.81. The van der Waals surface area contributed by atoms with Crippen LogP contribution >= 0.6 is 11.8 Å². The lowest BCUT2D eigenvalue weighted by Crippen LogP contribution is -2.16. The van der Waals surface area contributed by atoms with E-state index in [0.717, 1.165) is 11.8 Å². The average Bonchev–Trinajstić information content (AvgIpc) is 2.16. The minimum Gasteiger partial charge on any atom is -0.468 e. The summed E-state index contributed by atoms with van der Waals surface area (Å²) in [5.74, 6) is -0.346. The van der Waals surface area contributed by atoms with E-state index >= 15 is 0 Å². The van der Waals surface area contributed by atoms with Crippen LogP contribution < -0.4 is 5.56 Å². The molecule has 1 rings (SSSR count). The van der Waals surface area contributed by atoms with Crippen molar-refractivity contribution < 1.29 is 9.53 Å². The maximum absolute atomic E-state index is 11.0. The zero-order valence-corrected chi connectivity index (χ0v) is 8.63. The van der Waals surface area contributed by atoms with Crippen molar-refractivity contribution >= 4 is 17.7 Å². The minimum atomic E-state index is -0.384. The van der Waals surface area contributed by atoms with Crippen molar-refractivity contribution in [1.82, 2.24) is 9.97 Å². The van der Waals surface area contributed by atoms with Crippen molar-refractivity contribution in [2.75, 3.05) is 7.11 Å². The van der Waals surface area contributed by atoms with Gasteiger partial charge in [-0.15, -0.1) is 0 Å². The van der Waals surface area contributed by atoms with Crippen LogP contribution in [0.5, 0.6) is 0 Å². The number of aromatic nitrogens is 2. The Balaban J connectivity index is 2.69. The van der Waals surface area contributed by atoms with Crippen LogP contribution in [0.2, 0.25) is 0 Å². The number of nitrogens with one attached hydrogen (secondary N) is 1. The fourth-order valence-corrected chi connectivity index (χ4v) is 1.60. The lowest BCUT2D eigenvalue weighted by molar-refractivity contribution is -0.139. The van der Waals surface area contributed by atoms with Gasteiger partial charge in [0.2, 0.25) is 0 Å². The monoisotopic (exact) mass is 214 g/mol. The van der Waals surface area contributed by atoms with Crippen molar-refractivity contribution in [2.24, 2.45) is 0 Å². The largest absolute Gasteiger partial charge is 0.468 e. The van der Waals surface area contributed by atoms with Gasteiger partial charge in [0, 0.05) is 12.3 Å². The third kappa shape index (κ3) is 2.88. The van der Waals surface area contributed by atoms with Crippen molar-refractivity contribution in [1.29, 1.82) is 0 Å². The van der Waals surface area contributed by atoms with Crippen LogP contribution in [0, 0.1) is 0 Å². The fourth-order valence-electron chi connectivity index (χ4n) is 0.793. The number of ether oxygens (including phenoxy) is 1. The summed E-state index contributed by atoms with van der Waals surface area (Å²) >= 11 is 1.15. The van der Waals surface area contributed by atoms with Crippen LogP contribution in [0.4, 0.5) is 0 Å².